The predicted molar refractivity (Wildman–Crippen MR) is 138 cm³/mol. The number of benzene rings is 3. The maximum atomic E-state index is 13.5. The molecule has 1 aliphatic heterocycles. The molecule has 36 heavy (non-hydrogen) atoms. The zero-order valence-corrected chi connectivity index (χ0v) is 20.4. The molecule has 4 aromatic rings. The van der Waals surface area contributed by atoms with E-state index in [1.165, 1.54) is 11.9 Å². The van der Waals surface area contributed by atoms with E-state index in [-0.39, 0.29) is 5.91 Å². The van der Waals surface area contributed by atoms with E-state index in [0.29, 0.717) is 41.0 Å². The zero-order valence-electron chi connectivity index (χ0n) is 20.4. The van der Waals surface area contributed by atoms with Crippen molar-refractivity contribution in [2.45, 2.75) is 26.5 Å². The molecule has 3 aromatic carbocycles. The first-order valence-corrected chi connectivity index (χ1v) is 11.6. The molecular formula is C28H27N5O3. The van der Waals surface area contributed by atoms with Crippen LogP contribution in [0, 0.1) is 6.92 Å². The fraction of sp³-hybridized carbons (Fsp3) is 0.179. The van der Waals surface area contributed by atoms with E-state index in [0.717, 1.165) is 11.1 Å². The topological polar surface area (TPSA) is 90.3 Å². The Kier molecular flexibility index (Phi) is 6.40. The second-order valence-corrected chi connectivity index (χ2v) is 8.60. The fourth-order valence-electron chi connectivity index (χ4n) is 4.35. The molecular weight excluding hydrogens is 454 g/mol. The SMILES string of the molecule is COc1cc([C@@H]2C(C(=O)Nc3ccccc3)=C(C)Nc3ncnn32)ccc1OCc1cccc(C)c1. The fourth-order valence-corrected chi connectivity index (χ4v) is 4.35. The first-order valence-electron chi connectivity index (χ1n) is 11.6. The van der Waals surface area contributed by atoms with Crippen LogP contribution >= 0.6 is 0 Å². The van der Waals surface area contributed by atoms with E-state index in [9.17, 15) is 4.79 Å². The van der Waals surface area contributed by atoms with Crippen LogP contribution in [-0.2, 0) is 11.4 Å². The molecule has 0 saturated heterocycles. The number of fused-ring (bicyclic) bond motifs is 1. The highest BCUT2D eigenvalue weighted by Crippen LogP contribution is 2.39. The number of anilines is 2. The summed E-state index contributed by atoms with van der Waals surface area (Å²) in [4.78, 5) is 17.8. The molecule has 8 nitrogen and oxygen atoms in total. The Morgan fingerprint density at radius 1 is 1.03 bits per heavy atom. The summed E-state index contributed by atoms with van der Waals surface area (Å²) in [6, 6.07) is 22.7. The van der Waals surface area contributed by atoms with Crippen LogP contribution in [0.15, 0.2) is 90.4 Å². The average Bonchev–Trinajstić information content (AvgIpc) is 3.35. The smallest absolute Gasteiger partial charge is 0.255 e. The molecule has 0 saturated carbocycles. The predicted octanol–water partition coefficient (Wildman–Crippen LogP) is 5.10. The van der Waals surface area contributed by atoms with Gasteiger partial charge in [0.1, 0.15) is 19.0 Å². The normalized spacial score (nSPS) is 14.6. The van der Waals surface area contributed by atoms with Crippen molar-refractivity contribution in [3.8, 4) is 11.5 Å². The van der Waals surface area contributed by atoms with Gasteiger partial charge in [0.25, 0.3) is 5.91 Å². The van der Waals surface area contributed by atoms with Gasteiger partial charge in [0.05, 0.1) is 12.7 Å². The molecule has 0 radical (unpaired) electrons. The Morgan fingerprint density at radius 2 is 1.86 bits per heavy atom. The third-order valence-electron chi connectivity index (χ3n) is 6.05. The van der Waals surface area contributed by atoms with Crippen LogP contribution in [0.1, 0.15) is 29.7 Å². The number of carbonyl (C=O) groups excluding carboxylic acids is 1. The molecule has 0 unspecified atom stereocenters. The summed E-state index contributed by atoms with van der Waals surface area (Å²) in [7, 11) is 1.60. The number of hydrogen-bond acceptors (Lipinski definition) is 6. The molecule has 0 fully saturated rings. The van der Waals surface area contributed by atoms with Crippen molar-refractivity contribution in [2.24, 2.45) is 0 Å². The van der Waals surface area contributed by atoms with Gasteiger partial charge >= 0.3 is 0 Å². The van der Waals surface area contributed by atoms with Crippen LogP contribution in [0.2, 0.25) is 0 Å². The monoisotopic (exact) mass is 481 g/mol. The minimum absolute atomic E-state index is 0.226. The van der Waals surface area contributed by atoms with Gasteiger partial charge in [0.2, 0.25) is 5.95 Å². The number of rotatable bonds is 7. The summed E-state index contributed by atoms with van der Waals surface area (Å²) < 4.78 is 13.5. The maximum Gasteiger partial charge on any atom is 0.255 e. The van der Waals surface area contributed by atoms with Crippen molar-refractivity contribution in [3.63, 3.8) is 0 Å². The minimum atomic E-state index is -0.507. The van der Waals surface area contributed by atoms with Gasteiger partial charge in [0.15, 0.2) is 11.5 Å². The molecule has 2 N–H and O–H groups in total. The van der Waals surface area contributed by atoms with Crippen LogP contribution in [0.25, 0.3) is 0 Å². The van der Waals surface area contributed by atoms with Gasteiger partial charge in [-0.15, -0.1) is 0 Å². The Balaban J connectivity index is 1.47. The molecule has 0 bridgehead atoms. The summed E-state index contributed by atoms with van der Waals surface area (Å²) in [5.74, 6) is 1.52. The highest BCUT2D eigenvalue weighted by molar-refractivity contribution is 6.06. The number of para-hydroxylation sites is 1. The van der Waals surface area contributed by atoms with Crippen molar-refractivity contribution in [3.05, 3.63) is 107 Å². The third-order valence-corrected chi connectivity index (χ3v) is 6.05. The van der Waals surface area contributed by atoms with Gasteiger partial charge in [-0.05, 0) is 49.2 Å². The summed E-state index contributed by atoms with van der Waals surface area (Å²) in [6.07, 6.45) is 1.47. The van der Waals surface area contributed by atoms with E-state index >= 15 is 0 Å². The number of ether oxygens (including phenoxy) is 2. The maximum absolute atomic E-state index is 13.5. The number of carbonyl (C=O) groups is 1. The van der Waals surface area contributed by atoms with Crippen LogP contribution in [0.4, 0.5) is 11.6 Å². The van der Waals surface area contributed by atoms with Gasteiger partial charge in [0, 0.05) is 11.4 Å². The van der Waals surface area contributed by atoms with Crippen LogP contribution < -0.4 is 20.1 Å². The number of hydrogen-bond donors (Lipinski definition) is 2. The quantitative estimate of drug-likeness (QED) is 0.382. The molecule has 0 aliphatic carbocycles. The molecule has 182 valence electrons. The summed E-state index contributed by atoms with van der Waals surface area (Å²) in [5.41, 5.74) is 5.02. The lowest BCUT2D eigenvalue weighted by Crippen LogP contribution is -2.31. The van der Waals surface area contributed by atoms with Crippen LogP contribution in [-0.4, -0.2) is 27.8 Å². The lowest BCUT2D eigenvalue weighted by molar-refractivity contribution is -0.113. The van der Waals surface area contributed by atoms with Gasteiger partial charge in [-0.1, -0.05) is 54.1 Å². The van der Waals surface area contributed by atoms with Crippen molar-refractivity contribution in [1.29, 1.82) is 0 Å². The van der Waals surface area contributed by atoms with E-state index in [1.54, 1.807) is 11.8 Å². The molecule has 1 amide bonds. The lowest BCUT2D eigenvalue weighted by atomic mass is 9.94. The largest absolute Gasteiger partial charge is 0.493 e. The first kappa shape index (κ1) is 23.2. The minimum Gasteiger partial charge on any atom is -0.493 e. The molecule has 2 heterocycles. The molecule has 8 heteroatoms. The molecule has 1 atom stereocenters. The van der Waals surface area contributed by atoms with Crippen LogP contribution in [0.3, 0.4) is 0 Å². The highest BCUT2D eigenvalue weighted by Gasteiger charge is 2.34. The van der Waals surface area contributed by atoms with E-state index < -0.39 is 6.04 Å². The highest BCUT2D eigenvalue weighted by atomic mass is 16.5. The Labute approximate surface area is 209 Å². The number of nitrogens with one attached hydrogen (secondary N) is 2. The van der Waals surface area contributed by atoms with Crippen molar-refractivity contribution in [2.75, 3.05) is 17.7 Å². The molecule has 5 rings (SSSR count). The summed E-state index contributed by atoms with van der Waals surface area (Å²) in [5, 5.41) is 10.6. The second-order valence-electron chi connectivity index (χ2n) is 8.60. The average molecular weight is 482 g/mol. The molecule has 1 aliphatic rings. The van der Waals surface area contributed by atoms with Gasteiger partial charge in [-0.25, -0.2) is 4.68 Å². The number of amides is 1. The number of allylic oxidation sites excluding steroid dienone is 1. The van der Waals surface area contributed by atoms with Crippen molar-refractivity contribution >= 4 is 17.5 Å². The summed E-state index contributed by atoms with van der Waals surface area (Å²) >= 11 is 0. The van der Waals surface area contributed by atoms with Gasteiger partial charge < -0.3 is 20.1 Å². The number of nitrogens with zero attached hydrogens (tertiary/aromatic N) is 3. The number of methoxy groups -OCH3 is 1. The van der Waals surface area contributed by atoms with E-state index in [1.807, 2.05) is 67.6 Å². The van der Waals surface area contributed by atoms with E-state index in [4.69, 9.17) is 9.47 Å². The van der Waals surface area contributed by atoms with Gasteiger partial charge in [-0.2, -0.15) is 10.1 Å². The van der Waals surface area contributed by atoms with E-state index in [2.05, 4.69) is 39.8 Å². The lowest BCUT2D eigenvalue weighted by Gasteiger charge is -2.29. The Bertz CT molecular complexity index is 1430. The second kappa shape index (κ2) is 9.95. The van der Waals surface area contributed by atoms with Crippen molar-refractivity contribution < 1.29 is 14.3 Å². The third kappa shape index (κ3) is 4.65. The summed E-state index contributed by atoms with van der Waals surface area (Å²) in [6.45, 7) is 4.33. The molecule has 0 spiro atoms. The van der Waals surface area contributed by atoms with Crippen molar-refractivity contribution in [1.82, 2.24) is 14.8 Å². The van der Waals surface area contributed by atoms with Gasteiger partial charge in [-0.3, -0.25) is 4.79 Å². The zero-order chi connectivity index (χ0) is 25.1. The Hall–Kier alpha value is -4.59. The number of aryl methyl sites for hydroxylation is 1. The standard InChI is InChI=1S/C28H27N5O3/c1-18-8-7-9-20(14-18)16-36-23-13-12-21(15-24(23)35-3)26-25(19(2)31-28-29-17-30-33(26)28)27(34)32-22-10-5-4-6-11-22/h4-15,17,26H,16H2,1-3H3,(H,32,34)(H,29,30,31)/t26-/m1/s1. The Morgan fingerprint density at radius 3 is 2.64 bits per heavy atom. The van der Waals surface area contributed by atoms with Crippen LogP contribution in [0.5, 0.6) is 11.5 Å². The first-order chi connectivity index (χ1) is 17.5. The molecule has 1 aromatic heterocycles. The number of aromatic nitrogens is 3.